The third kappa shape index (κ3) is 1.14. The molecule has 0 bridgehead atoms. The Labute approximate surface area is 96.2 Å². The van der Waals surface area contributed by atoms with Crippen molar-refractivity contribution in [2.24, 2.45) is 11.8 Å². The highest BCUT2D eigenvalue weighted by Gasteiger charge is 2.40. The van der Waals surface area contributed by atoms with Gasteiger partial charge in [0.25, 0.3) is 0 Å². The number of hydrogen-bond acceptors (Lipinski definition) is 1. The predicted octanol–water partition coefficient (Wildman–Crippen LogP) is 3.35. The first-order chi connectivity index (χ1) is 7.70. The highest BCUT2D eigenvalue weighted by molar-refractivity contribution is 6.08. The zero-order valence-corrected chi connectivity index (χ0v) is 9.79. The molecule has 3 aliphatic rings. The summed E-state index contributed by atoms with van der Waals surface area (Å²) in [6.45, 7) is 4.36. The van der Waals surface area contributed by atoms with E-state index in [-0.39, 0.29) is 5.92 Å². The molecule has 0 fully saturated rings. The Bertz CT molecular complexity index is 486. The summed E-state index contributed by atoms with van der Waals surface area (Å²) in [5, 5.41) is 0. The van der Waals surface area contributed by atoms with Gasteiger partial charge in [-0.3, -0.25) is 4.79 Å². The van der Waals surface area contributed by atoms with Crippen LogP contribution in [-0.2, 0) is 4.79 Å². The first kappa shape index (κ1) is 9.83. The zero-order chi connectivity index (χ0) is 11.3. The van der Waals surface area contributed by atoms with Crippen LogP contribution in [-0.4, -0.2) is 5.78 Å². The fraction of sp³-hybridized carbons (Fsp3) is 0.400. The minimum absolute atomic E-state index is 0.125. The van der Waals surface area contributed by atoms with Gasteiger partial charge in [-0.15, -0.1) is 0 Å². The van der Waals surface area contributed by atoms with E-state index in [1.165, 1.54) is 16.7 Å². The Morgan fingerprint density at radius 2 is 1.88 bits per heavy atom. The molecule has 0 heterocycles. The van der Waals surface area contributed by atoms with Crippen LogP contribution in [0.25, 0.3) is 0 Å². The number of ketones is 1. The number of carbonyl (C=O) groups is 1. The lowest BCUT2D eigenvalue weighted by Gasteiger charge is -2.22. The van der Waals surface area contributed by atoms with E-state index in [1.807, 2.05) is 6.08 Å². The van der Waals surface area contributed by atoms with Crippen LogP contribution >= 0.6 is 0 Å². The highest BCUT2D eigenvalue weighted by atomic mass is 16.1. The molecular weight excluding hydrogens is 196 g/mol. The van der Waals surface area contributed by atoms with Crippen LogP contribution < -0.4 is 0 Å². The average Bonchev–Trinajstić information content (AvgIpc) is 2.56. The molecule has 0 amide bonds. The molecule has 1 heteroatoms. The van der Waals surface area contributed by atoms with Crippen molar-refractivity contribution in [2.45, 2.75) is 26.7 Å². The fourth-order valence-electron chi connectivity index (χ4n) is 3.18. The van der Waals surface area contributed by atoms with Crippen LogP contribution in [0.3, 0.4) is 0 Å². The second-order valence-corrected chi connectivity index (χ2v) is 5.02. The van der Waals surface area contributed by atoms with Crippen LogP contribution in [0.5, 0.6) is 0 Å². The van der Waals surface area contributed by atoms with Crippen molar-refractivity contribution in [2.75, 3.05) is 0 Å². The van der Waals surface area contributed by atoms with E-state index in [0.29, 0.717) is 11.7 Å². The molecule has 0 saturated carbocycles. The average molecular weight is 212 g/mol. The number of carbonyl (C=O) groups excluding carboxylic acids is 1. The maximum Gasteiger partial charge on any atom is 0.170 e. The summed E-state index contributed by atoms with van der Waals surface area (Å²) in [6, 6.07) is 0. The van der Waals surface area contributed by atoms with Crippen molar-refractivity contribution in [1.29, 1.82) is 0 Å². The quantitative estimate of drug-likeness (QED) is 0.601. The van der Waals surface area contributed by atoms with Gasteiger partial charge >= 0.3 is 0 Å². The third-order valence-corrected chi connectivity index (χ3v) is 3.94. The summed E-state index contributed by atoms with van der Waals surface area (Å²) in [5.41, 5.74) is 4.94. The molecule has 0 radical (unpaired) electrons. The SMILES string of the molecule is CC1=C2C3=C(C=CC[C@@H]3C)C(=O)C2CC=C1. The molecular formula is C15H16O. The first-order valence-electron chi connectivity index (χ1n) is 6.02. The van der Waals surface area contributed by atoms with E-state index in [1.54, 1.807) is 0 Å². The molecule has 3 rings (SSSR count). The van der Waals surface area contributed by atoms with Gasteiger partial charge in [0, 0.05) is 5.57 Å². The van der Waals surface area contributed by atoms with E-state index in [4.69, 9.17) is 0 Å². The lowest BCUT2D eigenvalue weighted by Crippen LogP contribution is -2.13. The molecule has 0 aliphatic heterocycles. The van der Waals surface area contributed by atoms with Crippen LogP contribution in [0.1, 0.15) is 26.7 Å². The molecule has 0 saturated heterocycles. The van der Waals surface area contributed by atoms with Crippen LogP contribution in [0, 0.1) is 11.8 Å². The van der Waals surface area contributed by atoms with Crippen molar-refractivity contribution < 1.29 is 4.79 Å². The molecule has 0 aromatic heterocycles. The maximum absolute atomic E-state index is 12.3. The maximum atomic E-state index is 12.3. The largest absolute Gasteiger partial charge is 0.293 e. The van der Waals surface area contributed by atoms with Crippen LogP contribution in [0.15, 0.2) is 46.6 Å². The van der Waals surface area contributed by atoms with E-state index in [9.17, 15) is 4.79 Å². The van der Waals surface area contributed by atoms with Gasteiger partial charge in [0.05, 0.1) is 5.92 Å². The summed E-state index contributed by atoms with van der Waals surface area (Å²) in [7, 11) is 0. The molecule has 82 valence electrons. The van der Waals surface area contributed by atoms with Crippen molar-refractivity contribution in [3.8, 4) is 0 Å². The van der Waals surface area contributed by atoms with Crippen LogP contribution in [0.2, 0.25) is 0 Å². The van der Waals surface area contributed by atoms with Gasteiger partial charge < -0.3 is 0 Å². The summed E-state index contributed by atoms with van der Waals surface area (Å²) < 4.78 is 0. The number of rotatable bonds is 0. The molecule has 0 spiro atoms. The Hall–Kier alpha value is -1.37. The zero-order valence-electron chi connectivity index (χ0n) is 9.79. The lowest BCUT2D eigenvalue weighted by molar-refractivity contribution is -0.117. The Kier molecular flexibility index (Phi) is 2.03. The molecule has 0 N–H and O–H groups in total. The molecule has 16 heavy (non-hydrogen) atoms. The van der Waals surface area contributed by atoms with E-state index >= 15 is 0 Å². The van der Waals surface area contributed by atoms with Gasteiger partial charge in [-0.1, -0.05) is 31.2 Å². The molecule has 1 nitrogen and oxygen atoms in total. The monoisotopic (exact) mass is 212 g/mol. The Morgan fingerprint density at radius 3 is 2.69 bits per heavy atom. The smallest absolute Gasteiger partial charge is 0.170 e. The van der Waals surface area contributed by atoms with Crippen molar-refractivity contribution in [3.05, 3.63) is 46.6 Å². The minimum atomic E-state index is 0.125. The molecule has 1 unspecified atom stereocenters. The van der Waals surface area contributed by atoms with Crippen molar-refractivity contribution in [1.82, 2.24) is 0 Å². The Morgan fingerprint density at radius 1 is 1.12 bits per heavy atom. The molecule has 2 atom stereocenters. The van der Waals surface area contributed by atoms with Crippen molar-refractivity contribution in [3.63, 3.8) is 0 Å². The molecule has 0 aromatic rings. The van der Waals surface area contributed by atoms with Gasteiger partial charge in [-0.2, -0.15) is 0 Å². The second kappa shape index (κ2) is 3.31. The van der Waals surface area contributed by atoms with Gasteiger partial charge in [-0.05, 0) is 42.4 Å². The summed E-state index contributed by atoms with van der Waals surface area (Å²) in [5.74, 6) is 0.974. The summed E-state index contributed by atoms with van der Waals surface area (Å²) >= 11 is 0. The first-order valence-corrected chi connectivity index (χ1v) is 6.02. The molecule has 3 aliphatic carbocycles. The third-order valence-electron chi connectivity index (χ3n) is 3.94. The summed E-state index contributed by atoms with van der Waals surface area (Å²) in [4.78, 5) is 12.3. The van der Waals surface area contributed by atoms with E-state index < -0.39 is 0 Å². The standard InChI is InChI=1S/C15H16O/c1-9-5-3-7-11-13(9)14-10(2)6-4-8-12(14)15(11)16/h3-5,8,10-11H,6-7H2,1-2H3/t10-,11?/m0/s1. The van der Waals surface area contributed by atoms with Gasteiger partial charge in [0.2, 0.25) is 0 Å². The van der Waals surface area contributed by atoms with Gasteiger partial charge in [-0.25, -0.2) is 0 Å². The normalized spacial score (nSPS) is 32.2. The number of hydrogen-bond donors (Lipinski definition) is 0. The van der Waals surface area contributed by atoms with Gasteiger partial charge in [0.1, 0.15) is 0 Å². The molecule has 0 aromatic carbocycles. The minimum Gasteiger partial charge on any atom is -0.293 e. The lowest BCUT2D eigenvalue weighted by atomic mass is 9.81. The number of Topliss-reactive ketones (excluding diaryl/α,β-unsaturated/α-hetero) is 1. The van der Waals surface area contributed by atoms with Crippen molar-refractivity contribution >= 4 is 5.78 Å². The topological polar surface area (TPSA) is 17.1 Å². The van der Waals surface area contributed by atoms with E-state index in [0.717, 1.165) is 18.4 Å². The summed E-state index contributed by atoms with van der Waals surface area (Å²) in [6.07, 6.45) is 10.4. The van der Waals surface area contributed by atoms with Crippen LogP contribution in [0.4, 0.5) is 0 Å². The number of fused-ring (bicyclic) bond motifs is 2. The van der Waals surface area contributed by atoms with Gasteiger partial charge in [0.15, 0.2) is 5.78 Å². The van der Waals surface area contributed by atoms with E-state index in [2.05, 4.69) is 32.1 Å². The highest BCUT2D eigenvalue weighted by Crippen LogP contribution is 2.46. The number of allylic oxidation sites excluding steroid dienone is 8. The Balaban J connectivity index is 2.23. The fourth-order valence-corrected chi connectivity index (χ4v) is 3.18. The second-order valence-electron chi connectivity index (χ2n) is 5.02. The predicted molar refractivity (Wildman–Crippen MR) is 64.9 cm³/mol.